The highest BCUT2D eigenvalue weighted by molar-refractivity contribution is 7.99. The summed E-state index contributed by atoms with van der Waals surface area (Å²) in [5.41, 5.74) is 1.56. The number of thiophene rings is 2. The second-order valence-electron chi connectivity index (χ2n) is 7.89. The molecule has 0 spiro atoms. The number of ether oxygens (including phenoxy) is 1. The van der Waals surface area contributed by atoms with E-state index in [0.29, 0.717) is 22.3 Å². The van der Waals surface area contributed by atoms with Crippen LogP contribution in [0.5, 0.6) is 0 Å². The zero-order valence-electron chi connectivity index (χ0n) is 18.6. The Hall–Kier alpha value is -2.43. The topological polar surface area (TPSA) is 86.1 Å². The van der Waals surface area contributed by atoms with Gasteiger partial charge in [0.1, 0.15) is 5.00 Å². The van der Waals surface area contributed by atoms with Crippen LogP contribution >= 0.6 is 34.4 Å². The van der Waals surface area contributed by atoms with Crippen LogP contribution < -0.4 is 5.32 Å². The Morgan fingerprint density at radius 3 is 2.88 bits per heavy atom. The van der Waals surface area contributed by atoms with Crippen molar-refractivity contribution in [3.8, 4) is 10.7 Å². The van der Waals surface area contributed by atoms with E-state index in [1.54, 1.807) is 17.4 Å². The number of aromatic nitrogens is 3. The van der Waals surface area contributed by atoms with Gasteiger partial charge in [-0.15, -0.1) is 39.4 Å². The Morgan fingerprint density at radius 1 is 1.33 bits per heavy atom. The van der Waals surface area contributed by atoms with Gasteiger partial charge >= 0.3 is 5.97 Å². The van der Waals surface area contributed by atoms with Crippen molar-refractivity contribution in [1.82, 2.24) is 14.8 Å². The Balaban J connectivity index is 1.49. The number of nitrogens with zero attached hydrogens (tertiary/aromatic N) is 3. The molecule has 174 valence electrons. The van der Waals surface area contributed by atoms with Gasteiger partial charge in [-0.1, -0.05) is 23.9 Å². The van der Waals surface area contributed by atoms with Crippen LogP contribution in [0.2, 0.25) is 0 Å². The van der Waals surface area contributed by atoms with Crippen molar-refractivity contribution in [2.45, 2.75) is 57.3 Å². The Kier molecular flexibility index (Phi) is 7.67. The molecule has 1 amide bonds. The zero-order valence-corrected chi connectivity index (χ0v) is 21.1. The fourth-order valence-electron chi connectivity index (χ4n) is 3.71. The first-order valence-electron chi connectivity index (χ1n) is 10.8. The highest BCUT2D eigenvalue weighted by Gasteiger charge is 2.28. The lowest BCUT2D eigenvalue weighted by Gasteiger charge is -2.14. The van der Waals surface area contributed by atoms with Crippen LogP contribution in [0.1, 0.15) is 47.5 Å². The van der Waals surface area contributed by atoms with Crippen molar-refractivity contribution in [2.24, 2.45) is 0 Å². The predicted molar refractivity (Wildman–Crippen MR) is 134 cm³/mol. The van der Waals surface area contributed by atoms with E-state index in [-0.39, 0.29) is 23.7 Å². The van der Waals surface area contributed by atoms with Gasteiger partial charge in [0.25, 0.3) is 0 Å². The van der Waals surface area contributed by atoms with Crippen molar-refractivity contribution >= 4 is 51.3 Å². The molecule has 0 unspecified atom stereocenters. The standard InChI is InChI=1S/C23H26N4O3S3/c1-4-11-27-20(17-10-7-12-31-17)25-26-23(27)32-13-18(28)24-21-19(22(29)30-14(2)3)15-8-5-6-9-16(15)33-21/h4,7,10,12,14H,1,5-6,8-9,11,13H2,2-3H3,(H,24,28). The van der Waals surface area contributed by atoms with Crippen LogP contribution in [-0.4, -0.2) is 38.5 Å². The number of allylic oxidation sites excluding steroid dienone is 1. The molecule has 0 fully saturated rings. The molecule has 3 aromatic heterocycles. The summed E-state index contributed by atoms with van der Waals surface area (Å²) in [7, 11) is 0. The molecule has 0 aliphatic heterocycles. The van der Waals surface area contributed by atoms with Crippen LogP contribution in [0.15, 0.2) is 35.3 Å². The molecule has 7 nitrogen and oxygen atoms in total. The van der Waals surface area contributed by atoms with Gasteiger partial charge < -0.3 is 10.1 Å². The van der Waals surface area contributed by atoms with Crippen LogP contribution in [0.25, 0.3) is 10.7 Å². The van der Waals surface area contributed by atoms with Gasteiger partial charge in [-0.05, 0) is 56.5 Å². The number of carbonyl (C=O) groups is 2. The molecular weight excluding hydrogens is 476 g/mol. The summed E-state index contributed by atoms with van der Waals surface area (Å²) in [6.45, 7) is 8.03. The fourth-order valence-corrected chi connectivity index (χ4v) is 6.47. The Labute approximate surface area is 205 Å². The summed E-state index contributed by atoms with van der Waals surface area (Å²) in [5.74, 6) is 0.361. The lowest BCUT2D eigenvalue weighted by Crippen LogP contribution is -2.19. The first kappa shape index (κ1) is 23.7. The van der Waals surface area contributed by atoms with Crippen LogP contribution in [-0.2, 0) is 28.9 Å². The highest BCUT2D eigenvalue weighted by Crippen LogP contribution is 2.39. The SMILES string of the molecule is C=CCn1c(SCC(=O)Nc2sc3c(c2C(=O)OC(C)C)CCCC3)nnc1-c1cccs1. The number of nitrogens with one attached hydrogen (secondary N) is 1. The number of hydrogen-bond donors (Lipinski definition) is 1. The minimum absolute atomic E-state index is 0.154. The molecule has 3 heterocycles. The maximum atomic E-state index is 12.8. The molecule has 33 heavy (non-hydrogen) atoms. The second-order valence-corrected chi connectivity index (χ2v) is 10.9. The molecule has 1 aliphatic carbocycles. The molecule has 1 aliphatic rings. The van der Waals surface area contributed by atoms with Gasteiger partial charge in [0.05, 0.1) is 22.3 Å². The molecule has 4 rings (SSSR count). The average Bonchev–Trinajstić information content (AvgIpc) is 3.50. The molecule has 0 saturated heterocycles. The van der Waals surface area contributed by atoms with Gasteiger partial charge in [0.15, 0.2) is 11.0 Å². The van der Waals surface area contributed by atoms with Crippen LogP contribution in [0.4, 0.5) is 5.00 Å². The summed E-state index contributed by atoms with van der Waals surface area (Å²) in [6.07, 6.45) is 5.48. The van der Waals surface area contributed by atoms with E-state index in [0.717, 1.165) is 41.9 Å². The number of rotatable bonds is 9. The number of hydrogen-bond acceptors (Lipinski definition) is 8. The maximum Gasteiger partial charge on any atom is 0.341 e. The number of anilines is 1. The Morgan fingerprint density at radius 2 is 2.15 bits per heavy atom. The zero-order chi connectivity index (χ0) is 23.4. The van der Waals surface area contributed by atoms with E-state index in [1.165, 1.54) is 28.0 Å². The monoisotopic (exact) mass is 502 g/mol. The van der Waals surface area contributed by atoms with E-state index in [9.17, 15) is 9.59 Å². The predicted octanol–water partition coefficient (Wildman–Crippen LogP) is 5.43. The van der Waals surface area contributed by atoms with E-state index in [4.69, 9.17) is 4.74 Å². The van der Waals surface area contributed by atoms with E-state index < -0.39 is 0 Å². The summed E-state index contributed by atoms with van der Waals surface area (Å²) in [4.78, 5) is 27.8. The molecule has 10 heteroatoms. The minimum Gasteiger partial charge on any atom is -0.459 e. The quantitative estimate of drug-likeness (QED) is 0.239. The molecular formula is C23H26N4O3S3. The first-order valence-corrected chi connectivity index (χ1v) is 13.5. The first-order chi connectivity index (χ1) is 16.0. The second kappa shape index (κ2) is 10.7. The molecule has 0 bridgehead atoms. The third kappa shape index (κ3) is 5.39. The van der Waals surface area contributed by atoms with Crippen molar-refractivity contribution in [3.63, 3.8) is 0 Å². The van der Waals surface area contributed by atoms with E-state index >= 15 is 0 Å². The van der Waals surface area contributed by atoms with E-state index in [1.807, 2.05) is 35.9 Å². The smallest absolute Gasteiger partial charge is 0.341 e. The number of esters is 1. The summed E-state index contributed by atoms with van der Waals surface area (Å²) < 4.78 is 7.42. The van der Waals surface area contributed by atoms with Crippen LogP contribution in [0, 0.1) is 0 Å². The number of amides is 1. The average molecular weight is 503 g/mol. The van der Waals surface area contributed by atoms with Crippen LogP contribution in [0.3, 0.4) is 0 Å². The number of fused-ring (bicyclic) bond motifs is 1. The highest BCUT2D eigenvalue weighted by atomic mass is 32.2. The van der Waals surface area contributed by atoms with Crippen molar-refractivity contribution < 1.29 is 14.3 Å². The van der Waals surface area contributed by atoms with Gasteiger partial charge in [-0.25, -0.2) is 4.79 Å². The number of carbonyl (C=O) groups excluding carboxylic acids is 2. The van der Waals surface area contributed by atoms with Crippen molar-refractivity contribution in [2.75, 3.05) is 11.1 Å². The minimum atomic E-state index is -0.362. The molecule has 0 atom stereocenters. The third-order valence-electron chi connectivity index (χ3n) is 5.07. The normalized spacial score (nSPS) is 13.1. The maximum absolute atomic E-state index is 12.8. The molecule has 1 N–H and O–H groups in total. The molecule has 3 aromatic rings. The van der Waals surface area contributed by atoms with E-state index in [2.05, 4.69) is 22.1 Å². The number of aryl methyl sites for hydroxylation is 1. The van der Waals surface area contributed by atoms with Gasteiger partial charge in [-0.3, -0.25) is 9.36 Å². The molecule has 0 radical (unpaired) electrons. The largest absolute Gasteiger partial charge is 0.459 e. The Bertz CT molecular complexity index is 1150. The van der Waals surface area contributed by atoms with Gasteiger partial charge in [0, 0.05) is 11.4 Å². The molecule has 0 aromatic carbocycles. The fraction of sp³-hybridized carbons (Fsp3) is 0.391. The van der Waals surface area contributed by atoms with Crippen molar-refractivity contribution in [1.29, 1.82) is 0 Å². The summed E-state index contributed by atoms with van der Waals surface area (Å²) >= 11 is 4.40. The molecule has 0 saturated carbocycles. The van der Waals surface area contributed by atoms with Gasteiger partial charge in [-0.2, -0.15) is 0 Å². The van der Waals surface area contributed by atoms with Crippen molar-refractivity contribution in [3.05, 3.63) is 46.2 Å². The number of thioether (sulfide) groups is 1. The summed E-state index contributed by atoms with van der Waals surface area (Å²) in [5, 5.41) is 14.8. The lowest BCUT2D eigenvalue weighted by atomic mass is 9.95. The van der Waals surface area contributed by atoms with Gasteiger partial charge in [0.2, 0.25) is 5.91 Å². The summed E-state index contributed by atoms with van der Waals surface area (Å²) in [6, 6.07) is 3.96. The lowest BCUT2D eigenvalue weighted by molar-refractivity contribution is -0.113. The third-order valence-corrected chi connectivity index (χ3v) is 8.11.